The van der Waals surface area contributed by atoms with E-state index in [1.165, 1.54) is 11.1 Å². The molecule has 0 fully saturated rings. The van der Waals surface area contributed by atoms with Crippen molar-refractivity contribution in [1.29, 1.82) is 0 Å². The molecule has 6 nitrogen and oxygen atoms in total. The van der Waals surface area contributed by atoms with Crippen molar-refractivity contribution in [3.63, 3.8) is 0 Å². The molecule has 404 valence electrons. The molecule has 0 aliphatic carbocycles. The second-order valence-corrected chi connectivity index (χ2v) is 23.9. The first-order chi connectivity index (χ1) is 40.9. The molecule has 0 aliphatic rings. The Bertz CT molecular complexity index is 4390. The van der Waals surface area contributed by atoms with Gasteiger partial charge >= 0.3 is 0 Å². The standard InChI is InChI=1S/C78H62N6/c1-77(2,3)61-45-41-55(42-46-61)65-49-50-66(56-43-47-62(48-44-56)78(4,5)6)74-73(65)81-71(57-33-25-51(26-34-57)53-29-37-59(38-30-53)75-79-67-21-13-15-23-69(67)83(75)63-17-9-7-10-18-63)72(82-74)58-35-27-52(28-36-58)54-31-39-60(40-32-54)76-80-68-22-14-16-24-70(68)84(76)64-19-11-8-12-20-64/h7-50H,1-6H3. The average molecular weight is 1080 g/mol. The van der Waals surface area contributed by atoms with Crippen molar-refractivity contribution in [1.82, 2.24) is 29.1 Å². The van der Waals surface area contributed by atoms with Crippen molar-refractivity contribution in [3.8, 4) is 101 Å². The van der Waals surface area contributed by atoms with E-state index in [4.69, 9.17) is 19.9 Å². The Balaban J connectivity index is 0.875. The normalized spacial score (nSPS) is 11.9. The molecule has 84 heavy (non-hydrogen) atoms. The van der Waals surface area contributed by atoms with E-state index in [0.29, 0.717) is 0 Å². The Hall–Kier alpha value is -10.3. The van der Waals surface area contributed by atoms with Gasteiger partial charge < -0.3 is 0 Å². The molecular weight excluding hydrogens is 1020 g/mol. The predicted octanol–water partition coefficient (Wildman–Crippen LogP) is 20.2. The van der Waals surface area contributed by atoms with Crippen LogP contribution in [0.5, 0.6) is 0 Å². The van der Waals surface area contributed by atoms with Gasteiger partial charge in [-0.3, -0.25) is 9.13 Å². The highest BCUT2D eigenvalue weighted by Gasteiger charge is 2.23. The molecule has 3 aromatic heterocycles. The highest BCUT2D eigenvalue weighted by molar-refractivity contribution is 6.03. The van der Waals surface area contributed by atoms with E-state index in [0.717, 1.165) is 134 Å². The van der Waals surface area contributed by atoms with Crippen LogP contribution in [0, 0.1) is 0 Å². The summed E-state index contributed by atoms with van der Waals surface area (Å²) in [5, 5.41) is 0. The maximum atomic E-state index is 5.80. The van der Waals surface area contributed by atoms with Crippen LogP contribution in [0.25, 0.3) is 134 Å². The van der Waals surface area contributed by atoms with Crippen LogP contribution in [0.3, 0.4) is 0 Å². The summed E-state index contributed by atoms with van der Waals surface area (Å²) in [5.41, 5.74) is 24.9. The molecule has 0 unspecified atom stereocenters. The van der Waals surface area contributed by atoms with Gasteiger partial charge in [0, 0.05) is 44.8 Å². The first-order valence-corrected chi connectivity index (χ1v) is 28.9. The lowest BCUT2D eigenvalue weighted by atomic mass is 9.85. The van der Waals surface area contributed by atoms with E-state index in [-0.39, 0.29) is 10.8 Å². The molecule has 14 rings (SSSR count). The van der Waals surface area contributed by atoms with Crippen molar-refractivity contribution < 1.29 is 0 Å². The number of imidazole rings is 2. The van der Waals surface area contributed by atoms with Crippen LogP contribution in [0.2, 0.25) is 0 Å². The zero-order valence-corrected chi connectivity index (χ0v) is 48.1. The van der Waals surface area contributed by atoms with Crippen molar-refractivity contribution in [2.75, 3.05) is 0 Å². The number of aromatic nitrogens is 6. The Labute approximate surface area is 491 Å². The van der Waals surface area contributed by atoms with Gasteiger partial charge in [-0.05, 0) is 104 Å². The molecule has 0 radical (unpaired) electrons. The van der Waals surface area contributed by atoms with E-state index in [9.17, 15) is 0 Å². The van der Waals surface area contributed by atoms with E-state index < -0.39 is 0 Å². The zero-order chi connectivity index (χ0) is 57.1. The maximum Gasteiger partial charge on any atom is 0.145 e. The summed E-state index contributed by atoms with van der Waals surface area (Å²) in [5.74, 6) is 1.81. The van der Waals surface area contributed by atoms with E-state index >= 15 is 0 Å². The predicted molar refractivity (Wildman–Crippen MR) is 350 cm³/mol. The highest BCUT2D eigenvalue weighted by atomic mass is 15.1. The van der Waals surface area contributed by atoms with Gasteiger partial charge in [0.1, 0.15) is 11.6 Å². The Morgan fingerprint density at radius 2 is 0.536 bits per heavy atom. The third kappa shape index (κ3) is 9.65. The Kier molecular flexibility index (Phi) is 12.9. The van der Waals surface area contributed by atoms with Gasteiger partial charge in [-0.1, -0.05) is 260 Å². The number of benzene rings is 11. The fourth-order valence-electron chi connectivity index (χ4n) is 11.7. The van der Waals surface area contributed by atoms with E-state index in [1.54, 1.807) is 0 Å². The van der Waals surface area contributed by atoms with Gasteiger partial charge in [-0.25, -0.2) is 19.9 Å². The maximum absolute atomic E-state index is 5.80. The van der Waals surface area contributed by atoms with Crippen molar-refractivity contribution in [2.24, 2.45) is 0 Å². The lowest BCUT2D eigenvalue weighted by molar-refractivity contribution is 0.590. The molecule has 11 aromatic carbocycles. The number of rotatable bonds is 10. The summed E-state index contributed by atoms with van der Waals surface area (Å²) in [7, 11) is 0. The van der Waals surface area contributed by atoms with Gasteiger partial charge in [-0.15, -0.1) is 0 Å². The van der Waals surface area contributed by atoms with Gasteiger partial charge in [0.2, 0.25) is 0 Å². The number of para-hydroxylation sites is 6. The first kappa shape index (κ1) is 51.8. The minimum Gasteiger partial charge on any atom is -0.292 e. The highest BCUT2D eigenvalue weighted by Crippen LogP contribution is 2.42. The second kappa shape index (κ2) is 20.9. The summed E-state index contributed by atoms with van der Waals surface area (Å²) in [4.78, 5) is 21.9. The Morgan fingerprint density at radius 3 is 0.869 bits per heavy atom. The molecule has 0 saturated heterocycles. The lowest BCUT2D eigenvalue weighted by Gasteiger charge is -2.20. The summed E-state index contributed by atoms with van der Waals surface area (Å²) in [6.45, 7) is 13.6. The summed E-state index contributed by atoms with van der Waals surface area (Å²) in [6, 6.07) is 95.2. The van der Waals surface area contributed by atoms with E-state index in [2.05, 4.69) is 293 Å². The molecular formula is C78H62N6. The molecule has 0 amide bonds. The van der Waals surface area contributed by atoms with Crippen molar-refractivity contribution in [2.45, 2.75) is 52.4 Å². The quantitative estimate of drug-likeness (QED) is 0.137. The fourth-order valence-corrected chi connectivity index (χ4v) is 11.7. The minimum absolute atomic E-state index is 0.0160. The SMILES string of the molecule is CC(C)(C)c1ccc(-c2ccc(-c3ccc(C(C)(C)C)cc3)c3nc(-c4ccc(-c5ccc(-c6nc7ccccc7n6-c6ccccc6)cc5)cc4)c(-c4ccc(-c5ccc(-c6nc7ccccc7n6-c6ccccc6)cc5)cc4)nc23)cc1. The molecule has 6 heteroatoms. The van der Waals surface area contributed by atoms with Crippen LogP contribution < -0.4 is 0 Å². The van der Waals surface area contributed by atoms with Crippen LogP contribution >= 0.6 is 0 Å². The lowest BCUT2D eigenvalue weighted by Crippen LogP contribution is -2.10. The van der Waals surface area contributed by atoms with Crippen molar-refractivity contribution in [3.05, 3.63) is 278 Å². The molecule has 0 spiro atoms. The molecule has 0 saturated carbocycles. The smallest absolute Gasteiger partial charge is 0.145 e. The zero-order valence-electron chi connectivity index (χ0n) is 48.1. The van der Waals surface area contributed by atoms with Gasteiger partial charge in [0.25, 0.3) is 0 Å². The third-order valence-electron chi connectivity index (χ3n) is 16.4. The minimum atomic E-state index is 0.0160. The molecule has 0 bridgehead atoms. The summed E-state index contributed by atoms with van der Waals surface area (Å²) >= 11 is 0. The summed E-state index contributed by atoms with van der Waals surface area (Å²) < 4.78 is 4.49. The first-order valence-electron chi connectivity index (χ1n) is 28.9. The number of hydrogen-bond donors (Lipinski definition) is 0. The van der Waals surface area contributed by atoms with Crippen LogP contribution in [0.15, 0.2) is 267 Å². The summed E-state index contributed by atoms with van der Waals surface area (Å²) in [6.07, 6.45) is 0. The fraction of sp³-hybridized carbons (Fsp3) is 0.103. The van der Waals surface area contributed by atoms with Crippen molar-refractivity contribution >= 4 is 33.1 Å². The second-order valence-electron chi connectivity index (χ2n) is 23.9. The number of fused-ring (bicyclic) bond motifs is 3. The molecule has 0 aliphatic heterocycles. The topological polar surface area (TPSA) is 61.4 Å². The Morgan fingerprint density at radius 1 is 0.250 bits per heavy atom. The van der Waals surface area contributed by atoms with Crippen LogP contribution in [-0.4, -0.2) is 29.1 Å². The van der Waals surface area contributed by atoms with Crippen LogP contribution in [0.1, 0.15) is 52.7 Å². The molecule has 0 N–H and O–H groups in total. The van der Waals surface area contributed by atoms with Gasteiger partial charge in [-0.2, -0.15) is 0 Å². The third-order valence-corrected chi connectivity index (χ3v) is 16.4. The largest absolute Gasteiger partial charge is 0.292 e. The van der Waals surface area contributed by atoms with Gasteiger partial charge in [0.05, 0.1) is 44.5 Å². The molecule has 3 heterocycles. The van der Waals surface area contributed by atoms with Crippen LogP contribution in [0.4, 0.5) is 0 Å². The number of hydrogen-bond acceptors (Lipinski definition) is 4. The monoisotopic (exact) mass is 1080 g/mol. The van der Waals surface area contributed by atoms with Gasteiger partial charge in [0.15, 0.2) is 0 Å². The number of nitrogens with zero attached hydrogens (tertiary/aromatic N) is 6. The van der Waals surface area contributed by atoms with Crippen LogP contribution in [-0.2, 0) is 10.8 Å². The molecule has 14 aromatic rings. The average Bonchev–Trinajstić information content (AvgIpc) is 2.81. The van der Waals surface area contributed by atoms with E-state index in [1.807, 2.05) is 24.3 Å². The molecule has 0 atom stereocenters.